The van der Waals surface area contributed by atoms with Crippen LogP contribution in [0.1, 0.15) is 40.0 Å². The molecule has 0 aliphatic carbocycles. The molecule has 1 aliphatic heterocycles. The lowest BCUT2D eigenvalue weighted by Crippen LogP contribution is -2.43. The fraction of sp³-hybridized carbons (Fsp3) is 0.786. The number of esters is 1. The number of alkyl halides is 2. The van der Waals surface area contributed by atoms with E-state index >= 15 is 0 Å². The van der Waals surface area contributed by atoms with E-state index in [1.165, 1.54) is 11.0 Å². The van der Waals surface area contributed by atoms with Crippen LogP contribution in [0.2, 0.25) is 0 Å². The molecule has 0 aromatic rings. The Balaban J connectivity index is 2.28. The van der Waals surface area contributed by atoms with E-state index in [4.69, 9.17) is 4.74 Å². The Morgan fingerprint density at radius 1 is 1.42 bits per heavy atom. The Morgan fingerprint density at radius 3 is 2.74 bits per heavy atom. The predicted octanol–water partition coefficient (Wildman–Crippen LogP) is 3.00. The molecule has 2 atom stereocenters. The van der Waals surface area contributed by atoms with Gasteiger partial charge >= 0.3 is 5.97 Å². The highest BCUT2D eigenvalue weighted by Gasteiger charge is 2.30. The van der Waals surface area contributed by atoms with Crippen molar-refractivity contribution in [3.05, 3.63) is 12.2 Å². The molecule has 0 bridgehead atoms. The predicted molar refractivity (Wildman–Crippen MR) is 70.2 cm³/mol. The molecule has 1 saturated heterocycles. The number of halogens is 2. The number of hydrogen-bond acceptors (Lipinski definition) is 3. The van der Waals surface area contributed by atoms with Crippen LogP contribution in [0.25, 0.3) is 0 Å². The minimum absolute atomic E-state index is 0.297. The Labute approximate surface area is 113 Å². The van der Waals surface area contributed by atoms with E-state index in [2.05, 4.69) is 0 Å². The summed E-state index contributed by atoms with van der Waals surface area (Å²) in [6.45, 7) is 6.37. The van der Waals surface area contributed by atoms with Gasteiger partial charge in [0.1, 0.15) is 11.8 Å². The van der Waals surface area contributed by atoms with Gasteiger partial charge in [0.25, 0.3) is 0 Å². The molecule has 19 heavy (non-hydrogen) atoms. The second-order valence-electron chi connectivity index (χ2n) is 5.79. The SMILES string of the molecule is CC(C)(C)OC(=O)/C=C/CCN1CCCC(F)C1F. The maximum Gasteiger partial charge on any atom is 0.330 e. The summed E-state index contributed by atoms with van der Waals surface area (Å²) in [4.78, 5) is 12.8. The van der Waals surface area contributed by atoms with Crippen LogP contribution in [-0.4, -0.2) is 42.0 Å². The molecule has 1 heterocycles. The van der Waals surface area contributed by atoms with E-state index in [1.54, 1.807) is 26.8 Å². The largest absolute Gasteiger partial charge is 0.457 e. The van der Waals surface area contributed by atoms with Crippen LogP contribution in [-0.2, 0) is 9.53 Å². The fourth-order valence-electron chi connectivity index (χ4n) is 1.97. The Kier molecular flexibility index (Phi) is 5.91. The maximum absolute atomic E-state index is 13.5. The van der Waals surface area contributed by atoms with Crippen molar-refractivity contribution in [1.29, 1.82) is 0 Å². The van der Waals surface area contributed by atoms with Gasteiger partial charge in [0.15, 0.2) is 6.30 Å². The smallest absolute Gasteiger partial charge is 0.330 e. The third-order valence-electron chi connectivity index (χ3n) is 2.82. The van der Waals surface area contributed by atoms with Gasteiger partial charge in [-0.05, 0) is 40.0 Å². The average molecular weight is 275 g/mol. The van der Waals surface area contributed by atoms with Gasteiger partial charge in [0, 0.05) is 19.2 Å². The Bertz CT molecular complexity index is 326. The van der Waals surface area contributed by atoms with Crippen molar-refractivity contribution >= 4 is 5.97 Å². The quantitative estimate of drug-likeness (QED) is 0.449. The molecule has 0 saturated carbocycles. The molecule has 0 amide bonds. The topological polar surface area (TPSA) is 29.5 Å². The van der Waals surface area contributed by atoms with Gasteiger partial charge in [-0.1, -0.05) is 6.08 Å². The lowest BCUT2D eigenvalue weighted by molar-refractivity contribution is -0.148. The second kappa shape index (κ2) is 6.98. The maximum atomic E-state index is 13.5. The highest BCUT2D eigenvalue weighted by Crippen LogP contribution is 2.21. The molecule has 0 aromatic heterocycles. The molecular weight excluding hydrogens is 252 g/mol. The fourth-order valence-corrected chi connectivity index (χ4v) is 1.97. The summed E-state index contributed by atoms with van der Waals surface area (Å²) >= 11 is 0. The zero-order valence-electron chi connectivity index (χ0n) is 11.9. The number of nitrogens with zero attached hydrogens (tertiary/aromatic N) is 1. The third-order valence-corrected chi connectivity index (χ3v) is 2.82. The molecule has 1 aliphatic rings. The second-order valence-corrected chi connectivity index (χ2v) is 5.79. The van der Waals surface area contributed by atoms with Crippen LogP contribution in [0.15, 0.2) is 12.2 Å². The molecule has 0 N–H and O–H groups in total. The number of carbonyl (C=O) groups is 1. The van der Waals surface area contributed by atoms with Crippen molar-refractivity contribution in [3.63, 3.8) is 0 Å². The number of likely N-dealkylation sites (tertiary alicyclic amines) is 1. The first kappa shape index (κ1) is 16.1. The minimum atomic E-state index is -1.51. The average Bonchev–Trinajstić information content (AvgIpc) is 2.27. The highest BCUT2D eigenvalue weighted by atomic mass is 19.2. The number of hydrogen-bond donors (Lipinski definition) is 0. The van der Waals surface area contributed by atoms with Crippen LogP contribution < -0.4 is 0 Å². The number of piperidine rings is 1. The van der Waals surface area contributed by atoms with Crippen molar-refractivity contribution in [3.8, 4) is 0 Å². The molecular formula is C14H23F2NO2. The van der Waals surface area contributed by atoms with Crippen LogP contribution >= 0.6 is 0 Å². The van der Waals surface area contributed by atoms with E-state index in [0.29, 0.717) is 32.4 Å². The van der Waals surface area contributed by atoms with E-state index in [-0.39, 0.29) is 0 Å². The molecule has 110 valence electrons. The molecule has 0 aromatic carbocycles. The summed E-state index contributed by atoms with van der Waals surface area (Å²) in [5, 5.41) is 0. The van der Waals surface area contributed by atoms with E-state index in [1.807, 2.05) is 0 Å². The van der Waals surface area contributed by atoms with Gasteiger partial charge in [-0.3, -0.25) is 4.90 Å². The highest BCUT2D eigenvalue weighted by molar-refractivity contribution is 5.82. The van der Waals surface area contributed by atoms with Crippen LogP contribution in [0, 0.1) is 0 Å². The summed E-state index contributed by atoms with van der Waals surface area (Å²) < 4.78 is 31.7. The normalized spacial score (nSPS) is 25.7. The lowest BCUT2D eigenvalue weighted by Gasteiger charge is -2.32. The molecule has 2 unspecified atom stereocenters. The van der Waals surface area contributed by atoms with E-state index in [0.717, 1.165) is 0 Å². The summed E-state index contributed by atoms with van der Waals surface area (Å²) in [6, 6.07) is 0. The van der Waals surface area contributed by atoms with Gasteiger partial charge < -0.3 is 4.74 Å². The summed E-state index contributed by atoms with van der Waals surface area (Å²) in [5.74, 6) is -0.411. The van der Waals surface area contributed by atoms with Crippen molar-refractivity contribution in [1.82, 2.24) is 4.90 Å². The standard InChI is InChI=1S/C14H23F2NO2/c1-14(2,3)19-12(18)8-4-5-9-17-10-6-7-11(15)13(17)16/h4,8,11,13H,5-7,9-10H2,1-3H3/b8-4+. The number of carbonyl (C=O) groups excluding carboxylic acids is 1. The van der Waals surface area contributed by atoms with Crippen molar-refractivity contribution in [2.24, 2.45) is 0 Å². The van der Waals surface area contributed by atoms with Crippen LogP contribution in [0.5, 0.6) is 0 Å². The van der Waals surface area contributed by atoms with Gasteiger partial charge in [-0.15, -0.1) is 0 Å². The number of rotatable bonds is 4. The van der Waals surface area contributed by atoms with Crippen LogP contribution in [0.3, 0.4) is 0 Å². The summed E-state index contributed by atoms with van der Waals surface area (Å²) in [6.07, 6.45) is 1.57. The first-order chi connectivity index (χ1) is 8.79. The monoisotopic (exact) mass is 275 g/mol. The molecule has 5 heteroatoms. The van der Waals surface area contributed by atoms with Crippen molar-refractivity contribution in [2.45, 2.75) is 58.1 Å². The zero-order chi connectivity index (χ0) is 14.5. The summed E-state index contributed by atoms with van der Waals surface area (Å²) in [7, 11) is 0. The van der Waals surface area contributed by atoms with E-state index in [9.17, 15) is 13.6 Å². The van der Waals surface area contributed by atoms with Crippen LogP contribution in [0.4, 0.5) is 8.78 Å². The van der Waals surface area contributed by atoms with Gasteiger partial charge in [-0.2, -0.15) is 0 Å². The first-order valence-corrected chi connectivity index (χ1v) is 6.71. The summed E-state index contributed by atoms with van der Waals surface area (Å²) in [5.41, 5.74) is -0.514. The van der Waals surface area contributed by atoms with Gasteiger partial charge in [0.05, 0.1) is 0 Å². The molecule has 3 nitrogen and oxygen atoms in total. The Hall–Kier alpha value is -0.970. The first-order valence-electron chi connectivity index (χ1n) is 6.71. The zero-order valence-corrected chi connectivity index (χ0v) is 11.9. The lowest BCUT2D eigenvalue weighted by atomic mass is 10.1. The molecule has 1 rings (SSSR count). The number of ether oxygens (including phenoxy) is 1. The minimum Gasteiger partial charge on any atom is -0.457 e. The molecule has 0 radical (unpaired) electrons. The van der Waals surface area contributed by atoms with Crippen molar-refractivity contribution < 1.29 is 18.3 Å². The molecule has 1 fully saturated rings. The molecule has 0 spiro atoms. The van der Waals surface area contributed by atoms with Gasteiger partial charge in [0.2, 0.25) is 0 Å². The van der Waals surface area contributed by atoms with Crippen molar-refractivity contribution in [2.75, 3.05) is 13.1 Å². The van der Waals surface area contributed by atoms with Gasteiger partial charge in [-0.25, -0.2) is 13.6 Å². The Morgan fingerprint density at radius 2 is 2.11 bits per heavy atom. The van der Waals surface area contributed by atoms with E-state index < -0.39 is 24.0 Å². The third kappa shape index (κ3) is 6.14.